The Hall–Kier alpha value is -2.07. The van der Waals surface area contributed by atoms with Gasteiger partial charge in [-0.15, -0.1) is 0 Å². The fraction of sp³-hybridized carbons (Fsp3) is 0.714. The molecule has 1 saturated heterocycles. The summed E-state index contributed by atoms with van der Waals surface area (Å²) in [5, 5.41) is 8.78. The zero-order valence-corrected chi connectivity index (χ0v) is 22.4. The summed E-state index contributed by atoms with van der Waals surface area (Å²) in [6, 6.07) is 0. The molecule has 0 amide bonds. The van der Waals surface area contributed by atoms with Gasteiger partial charge >= 0.3 is 11.9 Å². The van der Waals surface area contributed by atoms with Gasteiger partial charge in [-0.25, -0.2) is 8.78 Å². The lowest BCUT2D eigenvalue weighted by molar-refractivity contribution is -0.148. The minimum absolute atomic E-state index is 0.0340. The zero-order valence-electron chi connectivity index (χ0n) is 21.6. The molecule has 1 N–H and O–H groups in total. The van der Waals surface area contributed by atoms with E-state index in [1.165, 1.54) is 12.2 Å². The van der Waals surface area contributed by atoms with E-state index < -0.39 is 58.0 Å². The molecule has 38 heavy (non-hydrogen) atoms. The summed E-state index contributed by atoms with van der Waals surface area (Å²) < 4.78 is 42.5. The van der Waals surface area contributed by atoms with Crippen molar-refractivity contribution in [2.24, 2.45) is 28.6 Å². The predicted molar refractivity (Wildman–Crippen MR) is 134 cm³/mol. The molecule has 5 aliphatic rings. The maximum Gasteiger partial charge on any atom is 0.319 e. The Labute approximate surface area is 224 Å². The molecule has 208 valence electrons. The number of esters is 2. The van der Waals surface area contributed by atoms with Crippen molar-refractivity contribution >= 4 is 34.6 Å². The Kier molecular flexibility index (Phi) is 7.12. The number of ketones is 1. The van der Waals surface area contributed by atoms with E-state index in [0.29, 0.717) is 37.4 Å². The molecule has 4 aliphatic carbocycles. The van der Waals surface area contributed by atoms with Gasteiger partial charge in [0.15, 0.2) is 5.78 Å². The van der Waals surface area contributed by atoms with Gasteiger partial charge in [0.2, 0.25) is 5.12 Å². The number of halogens is 2. The van der Waals surface area contributed by atoms with Crippen LogP contribution >= 0.6 is 11.8 Å². The molecule has 0 aromatic carbocycles. The van der Waals surface area contributed by atoms with Gasteiger partial charge in [-0.1, -0.05) is 24.8 Å². The van der Waals surface area contributed by atoms with Crippen LogP contribution in [-0.4, -0.2) is 64.4 Å². The molecule has 3 unspecified atom stereocenters. The lowest BCUT2D eigenvalue weighted by Crippen LogP contribution is -2.61. The number of hydrogen-bond donors (Lipinski definition) is 1. The highest BCUT2D eigenvalue weighted by molar-refractivity contribution is 8.14. The third kappa shape index (κ3) is 4.55. The number of aliphatic hydroxyl groups excluding tert-OH is 1. The molecule has 1 aliphatic heterocycles. The number of ether oxygens (including phenoxy) is 2. The third-order valence-corrected chi connectivity index (χ3v) is 11.0. The molecular weight excluding hydrogens is 518 g/mol. The first-order chi connectivity index (χ1) is 17.9. The average Bonchev–Trinajstić information content (AvgIpc) is 3.42. The smallest absolute Gasteiger partial charge is 0.319 e. The molecule has 1 heterocycles. The van der Waals surface area contributed by atoms with Gasteiger partial charge in [0.1, 0.15) is 23.2 Å². The predicted octanol–water partition coefficient (Wildman–Crippen LogP) is 3.82. The van der Waals surface area contributed by atoms with Gasteiger partial charge < -0.3 is 14.6 Å². The van der Waals surface area contributed by atoms with Gasteiger partial charge in [-0.3, -0.25) is 19.2 Å². The number of allylic oxidation sites excluding steroid dienone is 4. The first-order valence-corrected chi connectivity index (χ1v) is 14.2. The normalized spacial score (nSPS) is 42.4. The maximum absolute atomic E-state index is 16.9. The number of aliphatic hydroxyl groups is 1. The molecule has 9 atom stereocenters. The van der Waals surface area contributed by atoms with Crippen LogP contribution in [0, 0.1) is 28.6 Å². The van der Waals surface area contributed by atoms with Crippen LogP contribution in [0.1, 0.15) is 58.8 Å². The van der Waals surface area contributed by atoms with Crippen molar-refractivity contribution in [1.29, 1.82) is 0 Å². The Balaban J connectivity index is 1.19. The van der Waals surface area contributed by atoms with E-state index in [0.717, 1.165) is 0 Å². The van der Waals surface area contributed by atoms with Crippen molar-refractivity contribution in [3.8, 4) is 0 Å². The lowest BCUT2D eigenvalue weighted by Gasteiger charge is -2.60. The number of thioether (sulfide) groups is 1. The Bertz CT molecular complexity index is 1110. The van der Waals surface area contributed by atoms with E-state index in [-0.39, 0.29) is 54.7 Å². The van der Waals surface area contributed by atoms with E-state index >= 15 is 8.78 Å². The fourth-order valence-corrected chi connectivity index (χ4v) is 8.62. The van der Waals surface area contributed by atoms with E-state index in [1.807, 2.05) is 0 Å². The van der Waals surface area contributed by atoms with Crippen LogP contribution in [0.3, 0.4) is 0 Å². The van der Waals surface area contributed by atoms with Gasteiger partial charge in [0.25, 0.3) is 0 Å². The van der Waals surface area contributed by atoms with Crippen LogP contribution in [-0.2, 0) is 28.7 Å². The first kappa shape index (κ1) is 27.5. The van der Waals surface area contributed by atoms with Crippen molar-refractivity contribution in [1.82, 2.24) is 0 Å². The fourth-order valence-electron chi connectivity index (χ4n) is 7.72. The number of carbonyl (C=O) groups excluding carboxylic acids is 4. The Morgan fingerprint density at radius 3 is 2.71 bits per heavy atom. The van der Waals surface area contributed by atoms with E-state index in [1.54, 1.807) is 13.0 Å². The monoisotopic (exact) mass is 552 g/mol. The molecule has 0 radical (unpaired) electrons. The number of alkyl halides is 2. The van der Waals surface area contributed by atoms with E-state index in [9.17, 15) is 24.3 Å². The second-order valence-corrected chi connectivity index (χ2v) is 13.3. The molecule has 10 heteroatoms. The molecule has 7 nitrogen and oxygen atoms in total. The van der Waals surface area contributed by atoms with Gasteiger partial charge in [0.05, 0.1) is 19.6 Å². The van der Waals surface area contributed by atoms with Crippen LogP contribution in [0.15, 0.2) is 23.8 Å². The van der Waals surface area contributed by atoms with Crippen molar-refractivity contribution in [3.63, 3.8) is 0 Å². The average molecular weight is 553 g/mol. The largest absolute Gasteiger partial charge is 0.465 e. The second kappa shape index (κ2) is 9.84. The van der Waals surface area contributed by atoms with Crippen LogP contribution in [0.5, 0.6) is 0 Å². The highest BCUT2D eigenvalue weighted by Crippen LogP contribution is 2.68. The Morgan fingerprint density at radius 1 is 1.24 bits per heavy atom. The number of fused-ring (bicyclic) bond motifs is 5. The minimum atomic E-state index is -1.66. The summed E-state index contributed by atoms with van der Waals surface area (Å²) in [6.45, 7) is 4.12. The van der Waals surface area contributed by atoms with Gasteiger partial charge in [-0.2, -0.15) is 0 Å². The second-order valence-electron chi connectivity index (χ2n) is 12.1. The van der Waals surface area contributed by atoms with Crippen LogP contribution in [0.4, 0.5) is 8.78 Å². The topological polar surface area (TPSA) is 107 Å². The quantitative estimate of drug-likeness (QED) is 0.496. The first-order valence-electron chi connectivity index (χ1n) is 13.4. The molecule has 4 fully saturated rings. The van der Waals surface area contributed by atoms with Crippen LogP contribution in [0.2, 0.25) is 0 Å². The van der Waals surface area contributed by atoms with E-state index in [2.05, 4.69) is 6.92 Å². The molecule has 5 rings (SSSR count). The molecule has 0 bridgehead atoms. The lowest BCUT2D eigenvalue weighted by atomic mass is 9.46. The maximum atomic E-state index is 16.9. The van der Waals surface area contributed by atoms with Crippen LogP contribution in [0.25, 0.3) is 0 Å². The molecule has 3 saturated carbocycles. The Morgan fingerprint density at radius 2 is 2.00 bits per heavy atom. The van der Waals surface area contributed by atoms with Crippen LogP contribution < -0.4 is 0 Å². The van der Waals surface area contributed by atoms with Gasteiger partial charge in [0, 0.05) is 17.8 Å². The number of carbonyl (C=O) groups is 4. The molecular formula is C28H34F2O7S. The highest BCUT2D eigenvalue weighted by Gasteiger charge is 2.67. The minimum Gasteiger partial charge on any atom is -0.465 e. The molecule has 0 aromatic heterocycles. The summed E-state index contributed by atoms with van der Waals surface area (Å²) in [4.78, 5) is 48.0. The van der Waals surface area contributed by atoms with Gasteiger partial charge in [-0.05, 0) is 74.0 Å². The van der Waals surface area contributed by atoms with E-state index in [4.69, 9.17) is 9.47 Å². The zero-order chi connectivity index (χ0) is 27.5. The number of rotatable bonds is 6. The van der Waals surface area contributed by atoms with Crippen molar-refractivity contribution in [3.05, 3.63) is 23.8 Å². The standard InChI is InChI=1S/C28H34F2O7S/c1-26-6-7-28(30)18(11-20(29)19-10-16(31)3-5-27(19,28)2)17(26)9-15(13-26)14-37-23(33)12-21(32)25(35)38-22-4-8-36-24(22)34/h3,5,10,15,17-18,20-22,32H,4,6-9,11-14H2,1-2H3/t15?,17-,18-,20-,21?,22?,26+,27-,28+/m0/s1. The number of cyclic esters (lactones) is 1. The number of hydrogen-bond acceptors (Lipinski definition) is 8. The SMILES string of the molecule is C[C@]12CC[C@@]3(F)[C@@H](C[C@H](F)C4=CC(=O)C=C[C@@]43C)[C@@H]1CC(COC(=O)CC(O)C(=O)SC1CCOC1=O)C2. The summed E-state index contributed by atoms with van der Waals surface area (Å²) in [6.07, 6.45) is 3.29. The highest BCUT2D eigenvalue weighted by atomic mass is 32.2. The summed E-state index contributed by atoms with van der Waals surface area (Å²) >= 11 is 0.675. The molecule has 0 aromatic rings. The molecule has 0 spiro atoms. The summed E-state index contributed by atoms with van der Waals surface area (Å²) in [5.74, 6) is -2.19. The summed E-state index contributed by atoms with van der Waals surface area (Å²) in [7, 11) is 0. The third-order valence-electron chi connectivity index (χ3n) is 9.77. The van der Waals surface area contributed by atoms with Crippen molar-refractivity contribution < 1.29 is 42.5 Å². The van der Waals surface area contributed by atoms with Crippen molar-refractivity contribution in [2.45, 2.75) is 82.0 Å². The van der Waals surface area contributed by atoms with Crippen molar-refractivity contribution in [2.75, 3.05) is 13.2 Å². The summed E-state index contributed by atoms with van der Waals surface area (Å²) in [5.41, 5.74) is -2.80.